The summed E-state index contributed by atoms with van der Waals surface area (Å²) in [5.41, 5.74) is 8.73. The van der Waals surface area contributed by atoms with Gasteiger partial charge in [0, 0.05) is 29.7 Å². The summed E-state index contributed by atoms with van der Waals surface area (Å²) in [4.78, 5) is 20.7. The molecule has 0 fully saturated rings. The van der Waals surface area contributed by atoms with Crippen LogP contribution in [0.4, 0.5) is 10.2 Å². The molecule has 144 valence electrons. The molecule has 27 heavy (non-hydrogen) atoms. The van der Waals surface area contributed by atoms with Gasteiger partial charge in [-0.15, -0.1) is 11.8 Å². The van der Waals surface area contributed by atoms with E-state index in [2.05, 4.69) is 27.5 Å². The molecule has 0 bridgehead atoms. The van der Waals surface area contributed by atoms with Crippen molar-refractivity contribution in [1.82, 2.24) is 15.3 Å². The van der Waals surface area contributed by atoms with Gasteiger partial charge in [-0.05, 0) is 31.0 Å². The van der Waals surface area contributed by atoms with Crippen LogP contribution in [0.15, 0.2) is 24.5 Å². The van der Waals surface area contributed by atoms with E-state index in [9.17, 15) is 9.18 Å². The zero-order valence-corrected chi connectivity index (χ0v) is 16.4. The van der Waals surface area contributed by atoms with Crippen LogP contribution in [0.1, 0.15) is 29.0 Å². The lowest BCUT2D eigenvalue weighted by Gasteiger charge is -2.14. The molecule has 0 radical (unpaired) electrons. The van der Waals surface area contributed by atoms with E-state index in [1.807, 2.05) is 11.8 Å². The number of carbonyl (C=O) groups excluding carboxylic acids is 1. The first-order chi connectivity index (χ1) is 13.0. The number of rotatable bonds is 7. The van der Waals surface area contributed by atoms with E-state index >= 15 is 0 Å². The standard InChI is InChI=1S/C18H21ClFN5OS/c1-10-16-15(8-27-10)24-9-25-17(16)22-4-5-23-18(26)14(21)7-11-2-3-12(19)13(20)6-11/h2-3,6,9-10,14H,4-5,7-8,21H2,1H3,(H,23,26)(H,22,24,25)/t10-,14-/m1/s1. The minimum absolute atomic E-state index is 0.0479. The minimum atomic E-state index is -0.759. The number of nitrogens with two attached hydrogens (primary N) is 1. The fraction of sp³-hybridized carbons (Fsp3) is 0.389. The summed E-state index contributed by atoms with van der Waals surface area (Å²) in [5, 5.41) is 6.43. The second-order valence-corrected chi connectivity index (χ2v) is 8.05. The molecule has 2 atom stereocenters. The Labute approximate surface area is 166 Å². The summed E-state index contributed by atoms with van der Waals surface area (Å²) in [6.45, 7) is 3.06. The Morgan fingerprint density at radius 2 is 2.26 bits per heavy atom. The Hall–Kier alpha value is -1.90. The zero-order valence-electron chi connectivity index (χ0n) is 14.8. The lowest BCUT2D eigenvalue weighted by Crippen LogP contribution is -2.43. The highest BCUT2D eigenvalue weighted by atomic mass is 35.5. The van der Waals surface area contributed by atoms with E-state index in [0.29, 0.717) is 23.9 Å². The Morgan fingerprint density at radius 3 is 3.04 bits per heavy atom. The van der Waals surface area contributed by atoms with Crippen LogP contribution in [-0.2, 0) is 17.0 Å². The van der Waals surface area contributed by atoms with Crippen molar-refractivity contribution >= 4 is 35.1 Å². The molecule has 0 unspecified atom stereocenters. The topological polar surface area (TPSA) is 92.9 Å². The van der Waals surface area contributed by atoms with Gasteiger partial charge in [0.05, 0.1) is 16.8 Å². The number of anilines is 1. The number of carbonyl (C=O) groups is 1. The maximum Gasteiger partial charge on any atom is 0.237 e. The molecule has 2 aromatic rings. The third kappa shape index (κ3) is 4.88. The number of thioether (sulfide) groups is 1. The second-order valence-electron chi connectivity index (χ2n) is 6.31. The number of benzene rings is 1. The molecule has 1 aliphatic heterocycles. The minimum Gasteiger partial charge on any atom is -0.368 e. The van der Waals surface area contributed by atoms with E-state index < -0.39 is 11.9 Å². The highest BCUT2D eigenvalue weighted by molar-refractivity contribution is 7.99. The van der Waals surface area contributed by atoms with Crippen molar-refractivity contribution in [3.05, 3.63) is 52.2 Å². The SMILES string of the molecule is C[C@H]1SCc2ncnc(NCCNC(=O)[C@H](N)Cc3ccc(Cl)c(F)c3)c21. The first kappa shape index (κ1) is 19.9. The highest BCUT2D eigenvalue weighted by Gasteiger charge is 2.24. The predicted molar refractivity (Wildman–Crippen MR) is 106 cm³/mol. The van der Waals surface area contributed by atoms with Crippen LogP contribution in [-0.4, -0.2) is 35.0 Å². The number of nitrogens with one attached hydrogen (secondary N) is 2. The van der Waals surface area contributed by atoms with Crippen molar-refractivity contribution in [2.24, 2.45) is 5.73 Å². The highest BCUT2D eigenvalue weighted by Crippen LogP contribution is 2.42. The summed E-state index contributed by atoms with van der Waals surface area (Å²) >= 11 is 7.48. The second kappa shape index (κ2) is 8.86. The third-order valence-corrected chi connectivity index (χ3v) is 5.82. The van der Waals surface area contributed by atoms with Gasteiger partial charge >= 0.3 is 0 Å². The molecule has 0 saturated carbocycles. The molecule has 0 aliphatic carbocycles. The van der Waals surface area contributed by atoms with Gasteiger partial charge in [-0.25, -0.2) is 14.4 Å². The van der Waals surface area contributed by atoms with Crippen molar-refractivity contribution in [2.45, 2.75) is 30.4 Å². The smallest absolute Gasteiger partial charge is 0.237 e. The first-order valence-corrected chi connectivity index (χ1v) is 10.0. The van der Waals surface area contributed by atoms with Crippen LogP contribution in [0.5, 0.6) is 0 Å². The van der Waals surface area contributed by atoms with E-state index in [-0.39, 0.29) is 17.4 Å². The Kier molecular flexibility index (Phi) is 6.51. The van der Waals surface area contributed by atoms with Gasteiger partial charge in [-0.2, -0.15) is 0 Å². The number of hydrogen-bond donors (Lipinski definition) is 3. The molecule has 1 aromatic carbocycles. The molecule has 1 aromatic heterocycles. The maximum absolute atomic E-state index is 13.5. The number of nitrogens with zero attached hydrogens (tertiary/aromatic N) is 2. The molecule has 4 N–H and O–H groups in total. The number of halogens is 2. The quantitative estimate of drug-likeness (QED) is 0.609. The average molecular weight is 410 g/mol. The molecule has 2 heterocycles. The molecular formula is C18H21ClFN5OS. The van der Waals surface area contributed by atoms with Crippen molar-refractivity contribution in [3.8, 4) is 0 Å². The largest absolute Gasteiger partial charge is 0.368 e. The fourth-order valence-corrected chi connectivity index (χ4v) is 4.08. The van der Waals surface area contributed by atoms with Crippen LogP contribution in [0.25, 0.3) is 0 Å². The number of fused-ring (bicyclic) bond motifs is 1. The number of amides is 1. The van der Waals surface area contributed by atoms with Crippen molar-refractivity contribution in [1.29, 1.82) is 0 Å². The Morgan fingerprint density at radius 1 is 1.44 bits per heavy atom. The average Bonchev–Trinajstić information content (AvgIpc) is 3.03. The van der Waals surface area contributed by atoms with Gasteiger partial charge in [0.25, 0.3) is 0 Å². The molecule has 0 saturated heterocycles. The third-order valence-electron chi connectivity index (χ3n) is 4.34. The summed E-state index contributed by atoms with van der Waals surface area (Å²) in [5.74, 6) is 0.900. The Bertz CT molecular complexity index is 837. The lowest BCUT2D eigenvalue weighted by molar-refractivity contribution is -0.122. The van der Waals surface area contributed by atoms with Crippen molar-refractivity contribution in [3.63, 3.8) is 0 Å². The lowest BCUT2D eigenvalue weighted by atomic mass is 10.1. The van der Waals surface area contributed by atoms with Gasteiger partial charge < -0.3 is 16.4 Å². The first-order valence-electron chi connectivity index (χ1n) is 8.62. The number of aromatic nitrogens is 2. The molecule has 1 aliphatic rings. The summed E-state index contributed by atoms with van der Waals surface area (Å²) < 4.78 is 13.5. The van der Waals surface area contributed by atoms with Gasteiger partial charge in [-0.1, -0.05) is 17.7 Å². The summed E-state index contributed by atoms with van der Waals surface area (Å²) in [6, 6.07) is 3.66. The van der Waals surface area contributed by atoms with Crippen LogP contribution < -0.4 is 16.4 Å². The molecule has 3 rings (SSSR count). The Balaban J connectivity index is 1.46. The van der Waals surface area contributed by atoms with E-state index in [0.717, 1.165) is 22.8 Å². The fourth-order valence-electron chi connectivity index (χ4n) is 2.91. The van der Waals surface area contributed by atoms with Crippen LogP contribution in [0, 0.1) is 5.82 Å². The van der Waals surface area contributed by atoms with Gasteiger partial charge in [-0.3, -0.25) is 4.79 Å². The van der Waals surface area contributed by atoms with Gasteiger partial charge in [0.15, 0.2) is 0 Å². The van der Waals surface area contributed by atoms with Gasteiger partial charge in [0.2, 0.25) is 5.91 Å². The van der Waals surface area contributed by atoms with Crippen molar-refractivity contribution < 1.29 is 9.18 Å². The summed E-state index contributed by atoms with van der Waals surface area (Å²) in [6.07, 6.45) is 1.79. The molecule has 9 heteroatoms. The number of hydrogen-bond acceptors (Lipinski definition) is 6. The van der Waals surface area contributed by atoms with E-state index in [1.54, 1.807) is 12.4 Å². The molecule has 0 spiro atoms. The normalized spacial score (nSPS) is 16.7. The van der Waals surface area contributed by atoms with Crippen LogP contribution in [0.2, 0.25) is 5.02 Å². The van der Waals surface area contributed by atoms with E-state index in [4.69, 9.17) is 17.3 Å². The zero-order chi connectivity index (χ0) is 19.4. The van der Waals surface area contributed by atoms with Crippen molar-refractivity contribution in [2.75, 3.05) is 18.4 Å². The molecule has 6 nitrogen and oxygen atoms in total. The molecular weight excluding hydrogens is 389 g/mol. The summed E-state index contributed by atoms with van der Waals surface area (Å²) in [7, 11) is 0. The van der Waals surface area contributed by atoms with Crippen LogP contribution >= 0.6 is 23.4 Å². The maximum atomic E-state index is 13.5. The predicted octanol–water partition coefficient (Wildman–Crippen LogP) is 2.68. The van der Waals surface area contributed by atoms with Crippen LogP contribution in [0.3, 0.4) is 0 Å². The van der Waals surface area contributed by atoms with E-state index in [1.165, 1.54) is 12.1 Å². The monoisotopic (exact) mass is 409 g/mol. The van der Waals surface area contributed by atoms with Gasteiger partial charge in [0.1, 0.15) is 18.0 Å². The molecule has 1 amide bonds.